The van der Waals surface area contributed by atoms with E-state index in [0.717, 1.165) is 0 Å². The Morgan fingerprint density at radius 2 is 1.77 bits per heavy atom. The second kappa shape index (κ2) is 9.58. The van der Waals surface area contributed by atoms with Gasteiger partial charge in [-0.1, -0.05) is 23.7 Å². The van der Waals surface area contributed by atoms with Crippen molar-refractivity contribution in [3.63, 3.8) is 0 Å². The number of carboxylic acid groups (broad SMARTS) is 1. The van der Waals surface area contributed by atoms with Crippen LogP contribution in [0.1, 0.15) is 26.3 Å². The van der Waals surface area contributed by atoms with Crippen LogP contribution in [-0.2, 0) is 0 Å². The van der Waals surface area contributed by atoms with E-state index in [1.165, 1.54) is 19.4 Å². The minimum Gasteiger partial charge on any atom is -0.493 e. The summed E-state index contributed by atoms with van der Waals surface area (Å²) in [5.41, 5.74) is 4.18. The zero-order chi connectivity index (χ0) is 21.5. The summed E-state index contributed by atoms with van der Waals surface area (Å²) in [6.45, 7) is 0. The van der Waals surface area contributed by atoms with E-state index in [9.17, 15) is 14.7 Å². The van der Waals surface area contributed by atoms with Gasteiger partial charge in [0.15, 0.2) is 11.5 Å². The van der Waals surface area contributed by atoms with Crippen LogP contribution in [-0.4, -0.2) is 30.4 Å². The van der Waals surface area contributed by atoms with Crippen molar-refractivity contribution in [2.24, 2.45) is 5.10 Å². The van der Waals surface area contributed by atoms with E-state index in [4.69, 9.17) is 21.1 Å². The number of halogens is 1. The lowest BCUT2D eigenvalue weighted by Gasteiger charge is -2.10. The third-order valence-electron chi connectivity index (χ3n) is 4.03. The molecule has 0 atom stereocenters. The number of nitrogens with one attached hydrogen (secondary N) is 1. The number of carbonyl (C=O) groups is 2. The Bertz CT molecular complexity index is 1100. The summed E-state index contributed by atoms with van der Waals surface area (Å²) in [7, 11) is 1.46. The number of hydrogen-bond donors (Lipinski definition) is 2. The average Bonchev–Trinajstić information content (AvgIpc) is 2.75. The highest BCUT2D eigenvalue weighted by molar-refractivity contribution is 6.30. The van der Waals surface area contributed by atoms with Gasteiger partial charge in [-0.3, -0.25) is 5.43 Å². The van der Waals surface area contributed by atoms with Crippen LogP contribution in [0.4, 0.5) is 5.69 Å². The number of aromatic carboxylic acids is 1. The molecule has 0 bridgehead atoms. The van der Waals surface area contributed by atoms with Crippen molar-refractivity contribution >= 4 is 35.4 Å². The molecule has 0 aliphatic carbocycles. The van der Waals surface area contributed by atoms with Crippen molar-refractivity contribution < 1.29 is 24.2 Å². The Labute approximate surface area is 177 Å². The highest BCUT2D eigenvalue weighted by atomic mass is 35.5. The van der Waals surface area contributed by atoms with E-state index >= 15 is 0 Å². The van der Waals surface area contributed by atoms with Gasteiger partial charge in [0.05, 0.1) is 30.1 Å². The maximum absolute atomic E-state index is 12.3. The molecule has 0 aliphatic rings. The van der Waals surface area contributed by atoms with Crippen molar-refractivity contribution in [1.29, 1.82) is 0 Å². The molecule has 152 valence electrons. The molecule has 0 spiro atoms. The van der Waals surface area contributed by atoms with Crippen LogP contribution in [0.5, 0.6) is 11.5 Å². The normalized spacial score (nSPS) is 10.6. The Morgan fingerprint density at radius 3 is 2.47 bits per heavy atom. The van der Waals surface area contributed by atoms with Crippen LogP contribution >= 0.6 is 11.6 Å². The number of methoxy groups -OCH3 is 1. The maximum atomic E-state index is 12.3. The zero-order valence-corrected chi connectivity index (χ0v) is 16.6. The van der Waals surface area contributed by atoms with Gasteiger partial charge in [-0.05, 0) is 60.2 Å². The molecule has 0 amide bonds. The van der Waals surface area contributed by atoms with Gasteiger partial charge in [-0.15, -0.1) is 0 Å². The Balaban J connectivity index is 1.72. The largest absolute Gasteiger partial charge is 0.493 e. The summed E-state index contributed by atoms with van der Waals surface area (Å²) in [5, 5.41) is 13.8. The van der Waals surface area contributed by atoms with Gasteiger partial charge < -0.3 is 14.6 Å². The topological polar surface area (TPSA) is 97.2 Å². The molecule has 3 rings (SSSR count). The summed E-state index contributed by atoms with van der Waals surface area (Å²) in [6.07, 6.45) is 1.49. The fourth-order valence-electron chi connectivity index (χ4n) is 2.54. The molecule has 0 radical (unpaired) electrons. The third-order valence-corrected chi connectivity index (χ3v) is 4.28. The Kier molecular flexibility index (Phi) is 6.67. The third kappa shape index (κ3) is 5.15. The number of rotatable bonds is 7. The SMILES string of the molecule is COc1cc(/C=N/Nc2ccccc2C(=O)O)ccc1OC(=O)c1ccc(Cl)cc1. The highest BCUT2D eigenvalue weighted by Crippen LogP contribution is 2.28. The second-order valence-corrected chi connectivity index (χ2v) is 6.46. The molecule has 0 unspecified atom stereocenters. The van der Waals surface area contributed by atoms with Crippen molar-refractivity contribution in [1.82, 2.24) is 0 Å². The first-order valence-corrected chi connectivity index (χ1v) is 9.13. The number of carboxylic acids is 1. The van der Waals surface area contributed by atoms with E-state index in [0.29, 0.717) is 27.6 Å². The van der Waals surface area contributed by atoms with Crippen molar-refractivity contribution in [2.45, 2.75) is 0 Å². The molecule has 0 fully saturated rings. The van der Waals surface area contributed by atoms with Crippen LogP contribution in [0.25, 0.3) is 0 Å². The van der Waals surface area contributed by atoms with Gasteiger partial charge in [0.1, 0.15) is 0 Å². The van der Waals surface area contributed by atoms with E-state index in [1.807, 2.05) is 0 Å². The predicted octanol–water partition coefficient (Wildman–Crippen LogP) is 4.71. The van der Waals surface area contributed by atoms with Gasteiger partial charge in [0.2, 0.25) is 0 Å². The molecule has 8 heteroatoms. The van der Waals surface area contributed by atoms with Gasteiger partial charge in [-0.25, -0.2) is 9.59 Å². The number of hydrazone groups is 1. The van der Waals surface area contributed by atoms with Gasteiger partial charge in [0.25, 0.3) is 0 Å². The number of anilines is 1. The molecule has 3 aromatic carbocycles. The molecule has 0 aromatic heterocycles. The quantitative estimate of drug-likeness (QED) is 0.247. The maximum Gasteiger partial charge on any atom is 0.343 e. The number of hydrogen-bond acceptors (Lipinski definition) is 6. The molecule has 0 heterocycles. The minimum atomic E-state index is -1.05. The molecular weight excluding hydrogens is 408 g/mol. The first-order chi connectivity index (χ1) is 14.5. The van der Waals surface area contributed by atoms with E-state index in [1.54, 1.807) is 60.7 Å². The van der Waals surface area contributed by atoms with Crippen molar-refractivity contribution in [3.05, 3.63) is 88.4 Å². The Hall–Kier alpha value is -3.84. The van der Waals surface area contributed by atoms with E-state index in [-0.39, 0.29) is 11.3 Å². The molecule has 30 heavy (non-hydrogen) atoms. The molecular formula is C22H17ClN2O5. The Morgan fingerprint density at radius 1 is 1.03 bits per heavy atom. The second-order valence-electron chi connectivity index (χ2n) is 6.03. The molecule has 0 saturated heterocycles. The lowest BCUT2D eigenvalue weighted by atomic mass is 10.2. The number of ether oxygens (including phenoxy) is 2. The lowest BCUT2D eigenvalue weighted by Crippen LogP contribution is -2.09. The summed E-state index contributed by atoms with van der Waals surface area (Å²) >= 11 is 5.83. The smallest absolute Gasteiger partial charge is 0.343 e. The summed E-state index contributed by atoms with van der Waals surface area (Å²) < 4.78 is 10.7. The summed E-state index contributed by atoms with van der Waals surface area (Å²) in [6, 6.07) is 17.7. The van der Waals surface area contributed by atoms with E-state index < -0.39 is 11.9 Å². The van der Waals surface area contributed by atoms with E-state index in [2.05, 4.69) is 10.5 Å². The van der Waals surface area contributed by atoms with Crippen LogP contribution in [0.3, 0.4) is 0 Å². The monoisotopic (exact) mass is 424 g/mol. The standard InChI is InChI=1S/C22H17ClN2O5/c1-29-20-12-14(13-24-25-18-5-3-2-4-17(18)21(26)27)6-11-19(20)30-22(28)15-7-9-16(23)10-8-15/h2-13,25H,1H3,(H,26,27)/b24-13+. The molecule has 0 saturated carbocycles. The first kappa shape index (κ1) is 20.9. The van der Waals surface area contributed by atoms with Crippen molar-refractivity contribution in [3.8, 4) is 11.5 Å². The van der Waals surface area contributed by atoms with Crippen LogP contribution in [0.2, 0.25) is 5.02 Å². The van der Waals surface area contributed by atoms with Crippen molar-refractivity contribution in [2.75, 3.05) is 12.5 Å². The van der Waals surface area contributed by atoms with Crippen LogP contribution < -0.4 is 14.9 Å². The van der Waals surface area contributed by atoms with Gasteiger partial charge >= 0.3 is 11.9 Å². The molecule has 7 nitrogen and oxygen atoms in total. The van der Waals surface area contributed by atoms with Gasteiger partial charge in [0, 0.05) is 5.02 Å². The van der Waals surface area contributed by atoms with Gasteiger partial charge in [-0.2, -0.15) is 5.10 Å². The summed E-state index contributed by atoms with van der Waals surface area (Å²) in [4.78, 5) is 23.5. The fraction of sp³-hybridized carbons (Fsp3) is 0.0455. The van der Waals surface area contributed by atoms with Crippen LogP contribution in [0, 0.1) is 0 Å². The average molecular weight is 425 g/mol. The fourth-order valence-corrected chi connectivity index (χ4v) is 2.66. The highest BCUT2D eigenvalue weighted by Gasteiger charge is 2.13. The number of benzene rings is 3. The minimum absolute atomic E-state index is 0.108. The summed E-state index contributed by atoms with van der Waals surface area (Å²) in [5.74, 6) is -1.01. The van der Waals surface area contributed by atoms with Crippen LogP contribution in [0.15, 0.2) is 71.8 Å². The molecule has 2 N–H and O–H groups in total. The number of para-hydroxylation sites is 1. The number of esters is 1. The molecule has 3 aromatic rings. The first-order valence-electron chi connectivity index (χ1n) is 8.75. The number of carbonyl (C=O) groups excluding carboxylic acids is 1. The zero-order valence-electron chi connectivity index (χ0n) is 15.8. The number of nitrogens with zero attached hydrogens (tertiary/aromatic N) is 1. The molecule has 0 aliphatic heterocycles. The lowest BCUT2D eigenvalue weighted by molar-refractivity contribution is 0.0695. The predicted molar refractivity (Wildman–Crippen MR) is 114 cm³/mol.